The third-order valence-corrected chi connectivity index (χ3v) is 5.24. The molecular formula is C15H15Cl2NO3. The number of carboxylic acid groups (broad SMARTS) is 1. The third kappa shape index (κ3) is 2.51. The van der Waals surface area contributed by atoms with E-state index in [1.807, 2.05) is 0 Å². The second-order valence-corrected chi connectivity index (χ2v) is 6.47. The molecule has 2 heterocycles. The number of carbonyl (C=O) groups excluding carboxylic acids is 1. The van der Waals surface area contributed by atoms with Gasteiger partial charge in [-0.05, 0) is 37.0 Å². The van der Waals surface area contributed by atoms with E-state index >= 15 is 0 Å². The second-order valence-electron chi connectivity index (χ2n) is 5.66. The molecule has 1 N–H and O–H groups in total. The number of rotatable bonds is 3. The van der Waals surface area contributed by atoms with Gasteiger partial charge in [0.25, 0.3) is 0 Å². The van der Waals surface area contributed by atoms with Crippen molar-refractivity contribution in [3.8, 4) is 0 Å². The first-order valence-corrected chi connectivity index (χ1v) is 7.71. The second kappa shape index (κ2) is 5.50. The van der Waals surface area contributed by atoms with Crippen LogP contribution in [0.4, 0.5) is 0 Å². The molecule has 2 aliphatic rings. The summed E-state index contributed by atoms with van der Waals surface area (Å²) in [6, 6.07) is 5.01. The van der Waals surface area contributed by atoms with Crippen LogP contribution in [0.3, 0.4) is 0 Å². The van der Waals surface area contributed by atoms with E-state index in [4.69, 9.17) is 23.2 Å². The number of halogens is 2. The van der Waals surface area contributed by atoms with Gasteiger partial charge in [0, 0.05) is 22.1 Å². The predicted molar refractivity (Wildman–Crippen MR) is 79.6 cm³/mol. The molecule has 6 heteroatoms. The molecular weight excluding hydrogens is 313 g/mol. The van der Waals surface area contributed by atoms with Crippen LogP contribution in [-0.2, 0) is 16.0 Å². The monoisotopic (exact) mass is 327 g/mol. The Morgan fingerprint density at radius 3 is 2.48 bits per heavy atom. The Bertz CT molecular complexity index is 584. The summed E-state index contributed by atoms with van der Waals surface area (Å²) in [5, 5.41) is 10.2. The van der Waals surface area contributed by atoms with E-state index in [2.05, 4.69) is 0 Å². The molecule has 1 aromatic rings. The molecule has 3 unspecified atom stereocenters. The Morgan fingerprint density at radius 2 is 1.90 bits per heavy atom. The Labute approximate surface area is 132 Å². The van der Waals surface area contributed by atoms with Crippen LogP contribution < -0.4 is 0 Å². The molecule has 112 valence electrons. The van der Waals surface area contributed by atoms with Crippen molar-refractivity contribution in [1.82, 2.24) is 4.90 Å². The summed E-state index contributed by atoms with van der Waals surface area (Å²) in [6.45, 7) is 0. The Balaban J connectivity index is 1.79. The maximum absolute atomic E-state index is 12.6. The predicted octanol–water partition coefficient (Wildman–Crippen LogP) is 3.00. The van der Waals surface area contributed by atoms with E-state index in [1.54, 1.807) is 23.1 Å². The molecule has 0 radical (unpaired) electrons. The Kier molecular flexibility index (Phi) is 3.84. The highest BCUT2D eigenvalue weighted by Crippen LogP contribution is 2.42. The summed E-state index contributed by atoms with van der Waals surface area (Å²) in [5.74, 6) is -1.33. The number of benzene rings is 1. The zero-order valence-electron chi connectivity index (χ0n) is 11.3. The van der Waals surface area contributed by atoms with E-state index in [9.17, 15) is 14.7 Å². The molecule has 0 aliphatic carbocycles. The molecule has 2 fully saturated rings. The zero-order chi connectivity index (χ0) is 15.1. The van der Waals surface area contributed by atoms with Crippen LogP contribution in [0.25, 0.3) is 0 Å². The van der Waals surface area contributed by atoms with E-state index < -0.39 is 11.9 Å². The SMILES string of the molecule is O=C(O)C1CC2CCC1N2C(=O)Cc1c(Cl)cccc1Cl. The van der Waals surface area contributed by atoms with Gasteiger partial charge in [0.1, 0.15) is 0 Å². The number of carboxylic acids is 1. The van der Waals surface area contributed by atoms with Gasteiger partial charge in [-0.1, -0.05) is 29.3 Å². The number of carbonyl (C=O) groups is 2. The summed E-state index contributed by atoms with van der Waals surface area (Å²) < 4.78 is 0. The molecule has 1 amide bonds. The molecule has 0 spiro atoms. The number of aliphatic carboxylic acids is 1. The maximum atomic E-state index is 12.6. The molecule has 2 aliphatic heterocycles. The largest absolute Gasteiger partial charge is 0.481 e. The van der Waals surface area contributed by atoms with Gasteiger partial charge < -0.3 is 10.0 Å². The van der Waals surface area contributed by atoms with Crippen molar-refractivity contribution in [2.45, 2.75) is 37.8 Å². The quantitative estimate of drug-likeness (QED) is 0.928. The molecule has 3 atom stereocenters. The van der Waals surface area contributed by atoms with E-state index in [0.717, 1.165) is 12.8 Å². The molecule has 4 nitrogen and oxygen atoms in total. The van der Waals surface area contributed by atoms with Crippen molar-refractivity contribution in [2.75, 3.05) is 0 Å². The number of hydrogen-bond acceptors (Lipinski definition) is 2. The summed E-state index contributed by atoms with van der Waals surface area (Å²) in [6.07, 6.45) is 2.33. The summed E-state index contributed by atoms with van der Waals surface area (Å²) in [7, 11) is 0. The lowest BCUT2D eigenvalue weighted by Crippen LogP contribution is -2.38. The number of amides is 1. The van der Waals surface area contributed by atoms with Gasteiger partial charge in [0.2, 0.25) is 5.91 Å². The first-order valence-electron chi connectivity index (χ1n) is 6.96. The van der Waals surface area contributed by atoms with Crippen LogP contribution in [0, 0.1) is 5.92 Å². The summed E-state index contributed by atoms with van der Waals surface area (Å²) in [5.41, 5.74) is 0.615. The van der Waals surface area contributed by atoms with Gasteiger partial charge in [0.05, 0.1) is 12.3 Å². The lowest BCUT2D eigenvalue weighted by molar-refractivity contribution is -0.143. The smallest absolute Gasteiger partial charge is 0.308 e. The minimum Gasteiger partial charge on any atom is -0.481 e. The van der Waals surface area contributed by atoms with Crippen LogP contribution in [-0.4, -0.2) is 34.0 Å². The fraction of sp³-hybridized carbons (Fsp3) is 0.467. The van der Waals surface area contributed by atoms with Crippen molar-refractivity contribution >= 4 is 35.1 Å². The fourth-order valence-electron chi connectivity index (χ4n) is 3.59. The van der Waals surface area contributed by atoms with E-state index in [0.29, 0.717) is 22.0 Å². The van der Waals surface area contributed by atoms with Crippen molar-refractivity contribution in [3.63, 3.8) is 0 Å². The van der Waals surface area contributed by atoms with Crippen molar-refractivity contribution in [1.29, 1.82) is 0 Å². The van der Waals surface area contributed by atoms with E-state index in [-0.39, 0.29) is 24.4 Å². The molecule has 3 rings (SSSR count). The van der Waals surface area contributed by atoms with Crippen LogP contribution in [0.15, 0.2) is 18.2 Å². The van der Waals surface area contributed by atoms with E-state index in [1.165, 1.54) is 0 Å². The van der Waals surface area contributed by atoms with Crippen LogP contribution in [0.1, 0.15) is 24.8 Å². The highest BCUT2D eigenvalue weighted by Gasteiger charge is 2.51. The van der Waals surface area contributed by atoms with Crippen molar-refractivity contribution in [3.05, 3.63) is 33.8 Å². The van der Waals surface area contributed by atoms with Gasteiger partial charge >= 0.3 is 5.97 Å². The number of hydrogen-bond donors (Lipinski definition) is 1. The Hall–Kier alpha value is -1.26. The van der Waals surface area contributed by atoms with Gasteiger partial charge in [-0.25, -0.2) is 0 Å². The summed E-state index contributed by atoms with van der Waals surface area (Å²) >= 11 is 12.2. The lowest BCUT2D eigenvalue weighted by Gasteiger charge is -2.23. The average Bonchev–Trinajstić information content (AvgIpc) is 3.00. The molecule has 2 bridgehead atoms. The Morgan fingerprint density at radius 1 is 1.24 bits per heavy atom. The molecule has 0 saturated carbocycles. The summed E-state index contributed by atoms with van der Waals surface area (Å²) in [4.78, 5) is 25.6. The van der Waals surface area contributed by atoms with Crippen LogP contribution in [0.2, 0.25) is 10.0 Å². The molecule has 0 aromatic heterocycles. The zero-order valence-corrected chi connectivity index (χ0v) is 12.8. The fourth-order valence-corrected chi connectivity index (χ4v) is 4.12. The van der Waals surface area contributed by atoms with Crippen LogP contribution in [0.5, 0.6) is 0 Å². The normalized spacial score (nSPS) is 27.1. The molecule has 1 aromatic carbocycles. The molecule has 21 heavy (non-hydrogen) atoms. The maximum Gasteiger partial charge on any atom is 0.308 e. The van der Waals surface area contributed by atoms with Crippen molar-refractivity contribution < 1.29 is 14.7 Å². The average molecular weight is 328 g/mol. The standard InChI is InChI=1S/C15H15Cl2NO3/c16-11-2-1-3-12(17)9(11)7-14(19)18-8-4-5-13(18)10(6-8)15(20)21/h1-3,8,10,13H,4-7H2,(H,20,21). The first-order chi connectivity index (χ1) is 9.99. The minimum absolute atomic E-state index is 0.0462. The van der Waals surface area contributed by atoms with Crippen LogP contribution >= 0.6 is 23.2 Å². The first kappa shape index (κ1) is 14.7. The van der Waals surface area contributed by atoms with Gasteiger partial charge in [-0.3, -0.25) is 9.59 Å². The third-order valence-electron chi connectivity index (χ3n) is 4.53. The molecule has 2 saturated heterocycles. The van der Waals surface area contributed by atoms with Crippen molar-refractivity contribution in [2.24, 2.45) is 5.92 Å². The number of nitrogens with zero attached hydrogens (tertiary/aromatic N) is 1. The van der Waals surface area contributed by atoms with Gasteiger partial charge in [-0.2, -0.15) is 0 Å². The lowest BCUT2D eigenvalue weighted by atomic mass is 9.89. The highest BCUT2D eigenvalue weighted by atomic mass is 35.5. The topological polar surface area (TPSA) is 57.6 Å². The van der Waals surface area contributed by atoms with Gasteiger partial charge in [0.15, 0.2) is 0 Å². The highest BCUT2D eigenvalue weighted by molar-refractivity contribution is 6.36. The van der Waals surface area contributed by atoms with Gasteiger partial charge in [-0.15, -0.1) is 0 Å². The number of fused-ring (bicyclic) bond motifs is 2. The minimum atomic E-state index is -0.809.